The van der Waals surface area contributed by atoms with E-state index in [2.05, 4.69) is 39.8 Å². The van der Waals surface area contributed by atoms with Gasteiger partial charge in [0.25, 0.3) is 0 Å². The summed E-state index contributed by atoms with van der Waals surface area (Å²) in [5.74, 6) is 0.117. The highest BCUT2D eigenvalue weighted by molar-refractivity contribution is 6.58. The number of fused-ring (bicyclic) bond motifs is 2. The first-order valence-corrected chi connectivity index (χ1v) is 12.5. The van der Waals surface area contributed by atoms with Crippen molar-refractivity contribution in [1.29, 1.82) is 0 Å². The predicted octanol–water partition coefficient (Wildman–Crippen LogP) is 9.16. The second-order valence-electron chi connectivity index (χ2n) is 10.3. The van der Waals surface area contributed by atoms with Crippen molar-refractivity contribution in [3.8, 4) is 0 Å². The molecule has 0 bridgehead atoms. The minimum absolute atomic E-state index is 0.266. The van der Waals surface area contributed by atoms with Crippen LogP contribution in [0.2, 0.25) is 6.32 Å². The number of rotatable bonds is 4. The third kappa shape index (κ3) is 6.61. The topological polar surface area (TPSA) is 24.7 Å². The third-order valence-electron chi connectivity index (χ3n) is 6.87. The van der Waals surface area contributed by atoms with Gasteiger partial charge in [0.15, 0.2) is 0 Å². The molecule has 1 aliphatic rings. The van der Waals surface area contributed by atoms with Crippen molar-refractivity contribution >= 4 is 29.8 Å². The second kappa shape index (κ2) is 10.9. The van der Waals surface area contributed by atoms with E-state index in [9.17, 15) is 12.9 Å². The smallest absolute Gasteiger partial charge is 0.449 e. The summed E-state index contributed by atoms with van der Waals surface area (Å²) in [7, 11) is 0. The number of para-hydroxylation sites is 2. The monoisotopic (exact) mass is 469 g/mol. The van der Waals surface area contributed by atoms with E-state index < -0.39 is 19.2 Å². The van der Waals surface area contributed by atoms with Gasteiger partial charge in [-0.2, -0.15) is 0 Å². The maximum atomic E-state index is 13.5. The number of hydrogen-bond donors (Lipinski definition) is 0. The Morgan fingerprint density at radius 2 is 1.18 bits per heavy atom. The average Bonchev–Trinajstić information content (AvgIpc) is 2.75. The summed E-state index contributed by atoms with van der Waals surface area (Å²) in [5, 5.41) is 0. The molecule has 0 aliphatic carbocycles. The normalized spacial score (nSPS) is 17.8. The third-order valence-corrected chi connectivity index (χ3v) is 6.87. The largest absolute Gasteiger partial charge is 0.478 e. The Kier molecular flexibility index (Phi) is 8.43. The van der Waals surface area contributed by atoms with Crippen LogP contribution in [0.25, 0.3) is 0 Å². The zero-order chi connectivity index (χ0) is 25.0. The van der Waals surface area contributed by atoms with Crippen LogP contribution in [0.4, 0.5) is 24.3 Å². The van der Waals surface area contributed by atoms with Gasteiger partial charge >= 0.3 is 6.98 Å². The fourth-order valence-electron chi connectivity index (χ4n) is 4.80. The molecule has 0 radical (unpaired) electrons. The van der Waals surface area contributed by atoms with E-state index >= 15 is 0 Å². The first kappa shape index (κ1) is 26.2. The Labute approximate surface area is 202 Å². The van der Waals surface area contributed by atoms with Crippen molar-refractivity contribution < 1.29 is 12.9 Å². The molecule has 0 saturated heterocycles. The lowest BCUT2D eigenvalue weighted by Gasteiger charge is -2.24. The Morgan fingerprint density at radius 1 is 0.765 bits per heavy atom. The first-order chi connectivity index (χ1) is 16.0. The van der Waals surface area contributed by atoms with Crippen LogP contribution in [0, 0.1) is 5.92 Å². The summed E-state index contributed by atoms with van der Waals surface area (Å²) in [6, 6.07) is 12.2. The summed E-state index contributed by atoms with van der Waals surface area (Å²) < 4.78 is 40.6. The van der Waals surface area contributed by atoms with E-state index in [1.54, 1.807) is 0 Å². The van der Waals surface area contributed by atoms with Gasteiger partial charge in [-0.1, -0.05) is 76.3 Å². The van der Waals surface area contributed by atoms with E-state index in [1.165, 1.54) is 0 Å². The lowest BCUT2D eigenvalue weighted by atomic mass is 9.74. The van der Waals surface area contributed by atoms with E-state index in [-0.39, 0.29) is 11.8 Å². The molecule has 3 rings (SSSR count). The van der Waals surface area contributed by atoms with Crippen LogP contribution in [0.15, 0.2) is 46.4 Å². The predicted molar refractivity (Wildman–Crippen MR) is 141 cm³/mol. The highest BCUT2D eigenvalue weighted by atomic mass is 19.4. The molecule has 1 heterocycles. The number of hydrogen-bond acceptors (Lipinski definition) is 2. The lowest BCUT2D eigenvalue weighted by Crippen LogP contribution is -2.21. The second-order valence-corrected chi connectivity index (χ2v) is 10.3. The highest BCUT2D eigenvalue weighted by Gasteiger charge is 2.28. The minimum Gasteiger partial charge on any atom is -0.449 e. The molecule has 0 atom stereocenters. The Bertz CT molecular complexity index is 990. The molecule has 2 aromatic carbocycles. The van der Waals surface area contributed by atoms with Crippen LogP contribution in [0.3, 0.4) is 0 Å². The number of nitrogens with zero attached hydrogens (tertiary/aromatic N) is 2. The maximum absolute atomic E-state index is 13.5. The lowest BCUT2D eigenvalue weighted by molar-refractivity contribution is 0.402. The summed E-state index contributed by atoms with van der Waals surface area (Å²) in [6.45, 7) is 7.62. The average molecular weight is 469 g/mol. The quantitative estimate of drug-likeness (QED) is 0.399. The van der Waals surface area contributed by atoms with Crippen molar-refractivity contribution in [2.45, 2.75) is 85.4 Å². The zero-order valence-corrected chi connectivity index (χ0v) is 21.3. The van der Waals surface area contributed by atoms with Crippen molar-refractivity contribution in [2.75, 3.05) is 0 Å². The molecule has 34 heavy (non-hydrogen) atoms. The standard InChI is InChI=1S/C28H37BF3N2/c1-18(2)25-11-7-9-23-15-13-22(17-29(30,31)32)14-16-24-10-8-12-26(19(3)4)28(24)34-21(6)20(5)33-27(23)25/h7-12,18-19,22H,13-17H2,1-6H3/q-1. The molecule has 0 aromatic heterocycles. The number of halogens is 3. The van der Waals surface area contributed by atoms with Gasteiger partial charge in [-0.15, -0.1) is 0 Å². The summed E-state index contributed by atoms with van der Waals surface area (Å²) in [5.41, 5.74) is 7.78. The van der Waals surface area contributed by atoms with Gasteiger partial charge in [-0.05, 0) is 73.6 Å². The Morgan fingerprint density at radius 3 is 1.53 bits per heavy atom. The summed E-state index contributed by atoms with van der Waals surface area (Å²) in [6.07, 6.45) is 1.51. The van der Waals surface area contributed by atoms with Gasteiger partial charge in [0.05, 0.1) is 22.8 Å². The van der Waals surface area contributed by atoms with Crippen LogP contribution in [0.5, 0.6) is 0 Å². The molecule has 1 aliphatic heterocycles. The number of aryl methyl sites for hydroxylation is 2. The van der Waals surface area contributed by atoms with Crippen molar-refractivity contribution in [3.05, 3.63) is 58.7 Å². The van der Waals surface area contributed by atoms with Gasteiger partial charge < -0.3 is 12.9 Å². The molecule has 2 aromatic rings. The molecular formula is C28H37BF3N2-. The summed E-state index contributed by atoms with van der Waals surface area (Å²) in [4.78, 5) is 10.0. The van der Waals surface area contributed by atoms with Crippen LogP contribution in [0.1, 0.15) is 88.5 Å². The van der Waals surface area contributed by atoms with Crippen LogP contribution >= 0.6 is 0 Å². The van der Waals surface area contributed by atoms with Gasteiger partial charge in [0, 0.05) is 0 Å². The molecule has 2 nitrogen and oxygen atoms in total. The molecule has 0 amide bonds. The van der Waals surface area contributed by atoms with Crippen LogP contribution < -0.4 is 0 Å². The molecule has 0 spiro atoms. The van der Waals surface area contributed by atoms with Crippen molar-refractivity contribution in [3.63, 3.8) is 0 Å². The van der Waals surface area contributed by atoms with Crippen LogP contribution in [-0.2, 0) is 12.8 Å². The van der Waals surface area contributed by atoms with E-state index in [0.29, 0.717) is 25.7 Å². The van der Waals surface area contributed by atoms with Crippen molar-refractivity contribution in [2.24, 2.45) is 15.9 Å². The number of aliphatic imine (C=N–C) groups is 2. The SMILES string of the molecule is CC1=Nc2c(cccc2C(C)C)CCC(C[B-](F)(F)F)CCc2cccc(C(C)C)c2N=C1C. The van der Waals surface area contributed by atoms with E-state index in [1.807, 2.05) is 38.1 Å². The number of benzene rings is 2. The fraction of sp³-hybridized carbons (Fsp3) is 0.500. The summed E-state index contributed by atoms with van der Waals surface area (Å²) >= 11 is 0. The molecule has 0 unspecified atom stereocenters. The molecule has 0 N–H and O–H groups in total. The minimum atomic E-state index is -4.84. The molecule has 184 valence electrons. The van der Waals surface area contributed by atoms with E-state index in [4.69, 9.17) is 9.98 Å². The first-order valence-electron chi connectivity index (χ1n) is 12.5. The van der Waals surface area contributed by atoms with Crippen molar-refractivity contribution in [1.82, 2.24) is 0 Å². The van der Waals surface area contributed by atoms with Gasteiger partial charge in [0.2, 0.25) is 0 Å². The Balaban J connectivity index is 2.20. The fourth-order valence-corrected chi connectivity index (χ4v) is 4.80. The van der Waals surface area contributed by atoms with E-state index in [0.717, 1.165) is 45.1 Å². The molecular weight excluding hydrogens is 432 g/mol. The highest BCUT2D eigenvalue weighted by Crippen LogP contribution is 2.37. The Hall–Kier alpha value is -2.37. The van der Waals surface area contributed by atoms with Gasteiger partial charge in [-0.25, -0.2) is 0 Å². The molecule has 0 fully saturated rings. The van der Waals surface area contributed by atoms with Crippen LogP contribution in [-0.4, -0.2) is 18.4 Å². The zero-order valence-electron chi connectivity index (χ0n) is 21.3. The molecule has 0 saturated carbocycles. The van der Waals surface area contributed by atoms with Gasteiger partial charge in [-0.3, -0.25) is 9.98 Å². The van der Waals surface area contributed by atoms with Gasteiger partial charge in [0.1, 0.15) is 0 Å². The molecule has 6 heteroatoms. The maximum Gasteiger partial charge on any atom is 0.478 e.